The Morgan fingerprint density at radius 2 is 1.95 bits per heavy atom. The lowest BCUT2D eigenvalue weighted by Gasteiger charge is -2.11. The van der Waals surface area contributed by atoms with Gasteiger partial charge in [-0.3, -0.25) is 4.79 Å². The van der Waals surface area contributed by atoms with Gasteiger partial charge in [0.05, 0.1) is 19.2 Å². The number of halogens is 1. The van der Waals surface area contributed by atoms with Crippen molar-refractivity contribution in [2.24, 2.45) is 0 Å². The highest BCUT2D eigenvalue weighted by atomic mass is 35.5. The largest absolute Gasteiger partial charge is 0.493 e. The molecular weight excluding hydrogens is 286 g/mol. The summed E-state index contributed by atoms with van der Waals surface area (Å²) in [5, 5.41) is 11.4. The molecule has 0 aromatic heterocycles. The normalized spacial score (nSPS) is 10.9. The fourth-order valence-electron chi connectivity index (χ4n) is 1.51. The summed E-state index contributed by atoms with van der Waals surface area (Å²) in [6.07, 6.45) is 1.24. The van der Waals surface area contributed by atoms with Crippen molar-refractivity contribution in [2.45, 2.75) is 6.92 Å². The van der Waals surface area contributed by atoms with Gasteiger partial charge in [0, 0.05) is 6.92 Å². The van der Waals surface area contributed by atoms with Gasteiger partial charge >= 0.3 is 5.97 Å². The molecule has 108 valence electrons. The molecule has 0 unspecified atom stereocenters. The molecule has 0 aliphatic rings. The van der Waals surface area contributed by atoms with E-state index in [4.69, 9.17) is 26.2 Å². The third-order valence-electron chi connectivity index (χ3n) is 2.36. The van der Waals surface area contributed by atoms with Crippen molar-refractivity contribution >= 4 is 29.6 Å². The van der Waals surface area contributed by atoms with E-state index in [0.717, 1.165) is 0 Å². The van der Waals surface area contributed by atoms with Crippen LogP contribution in [0.25, 0.3) is 6.08 Å². The van der Waals surface area contributed by atoms with Gasteiger partial charge in [0.1, 0.15) is 5.70 Å². The van der Waals surface area contributed by atoms with Crippen molar-refractivity contribution in [3.63, 3.8) is 0 Å². The van der Waals surface area contributed by atoms with Gasteiger partial charge in [-0.2, -0.15) is 0 Å². The van der Waals surface area contributed by atoms with E-state index in [1.165, 1.54) is 27.2 Å². The molecule has 1 aromatic rings. The number of aliphatic carboxylic acids is 1. The maximum absolute atomic E-state index is 11.0. The Balaban J connectivity index is 3.31. The van der Waals surface area contributed by atoms with E-state index in [1.807, 2.05) is 0 Å². The van der Waals surface area contributed by atoms with Crippen molar-refractivity contribution in [2.75, 3.05) is 14.2 Å². The van der Waals surface area contributed by atoms with Gasteiger partial charge in [-0.25, -0.2) is 4.79 Å². The van der Waals surface area contributed by atoms with Crippen LogP contribution in [-0.4, -0.2) is 31.2 Å². The topological polar surface area (TPSA) is 84.9 Å². The molecule has 0 saturated heterocycles. The lowest BCUT2D eigenvalue weighted by Crippen LogP contribution is -2.24. The van der Waals surface area contributed by atoms with Crippen molar-refractivity contribution in [1.29, 1.82) is 0 Å². The van der Waals surface area contributed by atoms with Crippen molar-refractivity contribution in [1.82, 2.24) is 5.32 Å². The van der Waals surface area contributed by atoms with Gasteiger partial charge in [0.15, 0.2) is 11.5 Å². The number of carboxylic acid groups (broad SMARTS) is 1. The van der Waals surface area contributed by atoms with Gasteiger partial charge in [-0.15, -0.1) is 0 Å². The molecule has 1 aromatic carbocycles. The average Bonchev–Trinajstić information content (AvgIpc) is 2.39. The Labute approximate surface area is 120 Å². The fourth-order valence-corrected chi connectivity index (χ4v) is 1.80. The van der Waals surface area contributed by atoms with E-state index in [1.54, 1.807) is 12.1 Å². The summed E-state index contributed by atoms with van der Waals surface area (Å²) in [7, 11) is 2.88. The molecule has 1 rings (SSSR count). The second-order valence-corrected chi connectivity index (χ2v) is 4.13. The first-order valence-electron chi connectivity index (χ1n) is 5.53. The molecule has 0 atom stereocenters. The summed E-state index contributed by atoms with van der Waals surface area (Å²) in [5.74, 6) is -1.05. The van der Waals surface area contributed by atoms with Crippen LogP contribution in [0.1, 0.15) is 12.5 Å². The van der Waals surface area contributed by atoms with Gasteiger partial charge in [0.25, 0.3) is 0 Å². The van der Waals surface area contributed by atoms with Gasteiger partial charge in [-0.05, 0) is 23.8 Å². The van der Waals surface area contributed by atoms with Crippen molar-refractivity contribution in [3.05, 3.63) is 28.4 Å². The van der Waals surface area contributed by atoms with E-state index in [0.29, 0.717) is 11.3 Å². The number of carbonyl (C=O) groups is 2. The lowest BCUT2D eigenvalue weighted by atomic mass is 10.1. The summed E-state index contributed by atoms with van der Waals surface area (Å²) < 4.78 is 10.2. The quantitative estimate of drug-likeness (QED) is 0.811. The summed E-state index contributed by atoms with van der Waals surface area (Å²) >= 11 is 6.12. The Bertz CT molecular complexity index is 568. The van der Waals surface area contributed by atoms with Crippen LogP contribution in [0.2, 0.25) is 5.02 Å². The standard InChI is InChI=1S/C13H14ClNO5/c1-7(16)15-9(13(17)18)6-8-4-5-10(19-2)12(20-3)11(8)14/h4-6H,1-3H3,(H,15,16)(H,17,18)/b9-6+. The van der Waals surface area contributed by atoms with Crippen LogP contribution in [0.3, 0.4) is 0 Å². The van der Waals surface area contributed by atoms with Gasteiger partial charge in [0.2, 0.25) is 5.91 Å². The third kappa shape index (κ3) is 3.64. The summed E-state index contributed by atoms with van der Waals surface area (Å²) in [5.41, 5.74) is 0.0992. The molecule has 0 spiro atoms. The van der Waals surface area contributed by atoms with E-state index in [9.17, 15) is 9.59 Å². The van der Waals surface area contributed by atoms with Crippen LogP contribution in [0.5, 0.6) is 11.5 Å². The molecular formula is C13H14ClNO5. The van der Waals surface area contributed by atoms with E-state index in [-0.39, 0.29) is 16.5 Å². The number of benzene rings is 1. The number of carbonyl (C=O) groups excluding carboxylic acids is 1. The number of hydrogen-bond donors (Lipinski definition) is 2. The first kappa shape index (κ1) is 15.8. The molecule has 20 heavy (non-hydrogen) atoms. The minimum atomic E-state index is -1.27. The Kier molecular flexibility index (Phi) is 5.40. The minimum Gasteiger partial charge on any atom is -0.493 e. The second-order valence-electron chi connectivity index (χ2n) is 3.75. The zero-order valence-electron chi connectivity index (χ0n) is 11.2. The molecule has 7 heteroatoms. The Morgan fingerprint density at radius 1 is 1.30 bits per heavy atom. The first-order valence-corrected chi connectivity index (χ1v) is 5.91. The van der Waals surface area contributed by atoms with Gasteiger partial charge in [-0.1, -0.05) is 11.6 Å². The van der Waals surface area contributed by atoms with E-state index in [2.05, 4.69) is 5.32 Å². The molecule has 0 heterocycles. The van der Waals surface area contributed by atoms with Crippen molar-refractivity contribution in [3.8, 4) is 11.5 Å². The number of ether oxygens (including phenoxy) is 2. The molecule has 0 aliphatic carbocycles. The minimum absolute atomic E-state index is 0.191. The van der Waals surface area contributed by atoms with Crippen LogP contribution in [-0.2, 0) is 9.59 Å². The number of hydrogen-bond acceptors (Lipinski definition) is 4. The highest BCUT2D eigenvalue weighted by Gasteiger charge is 2.15. The SMILES string of the molecule is COc1ccc(/C=C(/NC(C)=O)C(=O)O)c(Cl)c1OC. The molecule has 0 fully saturated rings. The van der Waals surface area contributed by atoms with Crippen molar-refractivity contribution < 1.29 is 24.2 Å². The second kappa shape index (κ2) is 6.81. The van der Waals surface area contributed by atoms with E-state index >= 15 is 0 Å². The van der Waals surface area contributed by atoms with Crippen LogP contribution < -0.4 is 14.8 Å². The number of rotatable bonds is 5. The lowest BCUT2D eigenvalue weighted by molar-refractivity contribution is -0.134. The maximum Gasteiger partial charge on any atom is 0.352 e. The number of nitrogens with one attached hydrogen (secondary N) is 1. The Morgan fingerprint density at radius 3 is 2.40 bits per heavy atom. The number of amides is 1. The number of carboxylic acids is 1. The third-order valence-corrected chi connectivity index (χ3v) is 2.75. The molecule has 2 N–H and O–H groups in total. The predicted octanol–water partition coefficient (Wildman–Crippen LogP) is 1.92. The highest BCUT2D eigenvalue weighted by molar-refractivity contribution is 6.34. The predicted molar refractivity (Wildman–Crippen MR) is 74.0 cm³/mol. The average molecular weight is 300 g/mol. The highest BCUT2D eigenvalue weighted by Crippen LogP contribution is 2.37. The van der Waals surface area contributed by atoms with Crippen LogP contribution in [0.15, 0.2) is 17.8 Å². The maximum atomic E-state index is 11.0. The monoisotopic (exact) mass is 299 g/mol. The van der Waals surface area contributed by atoms with Gasteiger partial charge < -0.3 is 19.9 Å². The first-order chi connectivity index (χ1) is 9.40. The summed E-state index contributed by atoms with van der Waals surface area (Å²) in [6.45, 7) is 1.22. The fraction of sp³-hybridized carbons (Fsp3) is 0.231. The van der Waals surface area contributed by atoms with E-state index < -0.39 is 11.9 Å². The zero-order valence-corrected chi connectivity index (χ0v) is 11.9. The molecule has 6 nitrogen and oxygen atoms in total. The molecule has 0 radical (unpaired) electrons. The van der Waals surface area contributed by atoms with Crippen LogP contribution in [0.4, 0.5) is 0 Å². The molecule has 0 bridgehead atoms. The zero-order chi connectivity index (χ0) is 15.3. The summed E-state index contributed by atoms with van der Waals surface area (Å²) in [4.78, 5) is 22.0. The summed E-state index contributed by atoms with van der Waals surface area (Å²) in [6, 6.07) is 3.15. The van der Waals surface area contributed by atoms with Crippen LogP contribution in [0, 0.1) is 0 Å². The molecule has 1 amide bonds. The Hall–Kier alpha value is -2.21. The molecule has 0 aliphatic heterocycles. The smallest absolute Gasteiger partial charge is 0.352 e. The number of methoxy groups -OCH3 is 2. The molecule has 0 saturated carbocycles. The van der Waals surface area contributed by atoms with Crippen LogP contribution >= 0.6 is 11.6 Å².